The van der Waals surface area contributed by atoms with Gasteiger partial charge in [0.15, 0.2) is 0 Å². The van der Waals surface area contributed by atoms with Crippen LogP contribution >= 0.6 is 11.3 Å². The Morgan fingerprint density at radius 3 is 3.00 bits per heavy atom. The van der Waals surface area contributed by atoms with Crippen molar-refractivity contribution in [3.63, 3.8) is 0 Å². The lowest BCUT2D eigenvalue weighted by molar-refractivity contribution is 0.321. The first kappa shape index (κ1) is 11.0. The predicted octanol–water partition coefficient (Wildman–Crippen LogP) is 2.61. The molecular formula is C13H17N3S. The Labute approximate surface area is 105 Å². The van der Waals surface area contributed by atoms with Crippen molar-refractivity contribution in [2.75, 3.05) is 13.1 Å². The maximum absolute atomic E-state index is 4.47. The minimum absolute atomic E-state index is 0.784. The smallest absolute Gasteiger partial charge is 0.0568 e. The van der Waals surface area contributed by atoms with Crippen LogP contribution in [0.5, 0.6) is 0 Å². The summed E-state index contributed by atoms with van der Waals surface area (Å²) in [4.78, 5) is 0. The molecule has 3 rings (SSSR count). The Bertz CT molecular complexity index is 455. The molecule has 1 fully saturated rings. The van der Waals surface area contributed by atoms with Gasteiger partial charge in [0, 0.05) is 18.3 Å². The first-order valence-electron chi connectivity index (χ1n) is 6.17. The maximum Gasteiger partial charge on any atom is 0.0568 e. The molecular weight excluding hydrogens is 230 g/mol. The van der Waals surface area contributed by atoms with Gasteiger partial charge in [-0.2, -0.15) is 16.4 Å². The van der Waals surface area contributed by atoms with Gasteiger partial charge in [0.25, 0.3) is 0 Å². The fourth-order valence-electron chi connectivity index (χ4n) is 2.37. The van der Waals surface area contributed by atoms with E-state index in [0.29, 0.717) is 0 Å². The van der Waals surface area contributed by atoms with Crippen LogP contribution in [-0.4, -0.2) is 22.9 Å². The predicted molar refractivity (Wildman–Crippen MR) is 71.1 cm³/mol. The van der Waals surface area contributed by atoms with Crippen LogP contribution in [0.1, 0.15) is 12.8 Å². The van der Waals surface area contributed by atoms with E-state index in [1.165, 1.54) is 24.0 Å². The van der Waals surface area contributed by atoms with Crippen LogP contribution in [0.25, 0.3) is 11.1 Å². The van der Waals surface area contributed by atoms with Crippen molar-refractivity contribution in [1.29, 1.82) is 0 Å². The van der Waals surface area contributed by atoms with E-state index in [9.17, 15) is 0 Å². The van der Waals surface area contributed by atoms with Crippen molar-refractivity contribution in [3.8, 4) is 11.1 Å². The van der Waals surface area contributed by atoms with Crippen LogP contribution in [0, 0.1) is 5.92 Å². The maximum atomic E-state index is 4.47. The molecule has 0 aliphatic carbocycles. The summed E-state index contributed by atoms with van der Waals surface area (Å²) in [6, 6.07) is 2.15. The second-order valence-electron chi connectivity index (χ2n) is 4.66. The molecule has 0 atom stereocenters. The summed E-state index contributed by atoms with van der Waals surface area (Å²) < 4.78 is 2.10. The Morgan fingerprint density at radius 1 is 1.35 bits per heavy atom. The van der Waals surface area contributed by atoms with E-state index in [0.717, 1.165) is 25.6 Å². The van der Waals surface area contributed by atoms with Gasteiger partial charge in [-0.25, -0.2) is 0 Å². The molecule has 1 N–H and O–H groups in total. The largest absolute Gasteiger partial charge is 0.317 e. The molecule has 1 saturated heterocycles. The zero-order chi connectivity index (χ0) is 11.5. The molecule has 3 heterocycles. The third kappa shape index (κ3) is 2.58. The quantitative estimate of drug-likeness (QED) is 0.903. The lowest BCUT2D eigenvalue weighted by Crippen LogP contribution is -2.29. The van der Waals surface area contributed by atoms with E-state index in [1.54, 1.807) is 11.3 Å². The highest BCUT2D eigenvalue weighted by molar-refractivity contribution is 7.08. The van der Waals surface area contributed by atoms with Crippen LogP contribution < -0.4 is 5.32 Å². The van der Waals surface area contributed by atoms with E-state index in [2.05, 4.69) is 38.1 Å². The second-order valence-corrected chi connectivity index (χ2v) is 5.44. The highest BCUT2D eigenvalue weighted by atomic mass is 32.1. The van der Waals surface area contributed by atoms with Crippen LogP contribution in [0.15, 0.2) is 29.2 Å². The molecule has 2 aromatic rings. The van der Waals surface area contributed by atoms with Gasteiger partial charge in [-0.3, -0.25) is 4.68 Å². The Morgan fingerprint density at radius 2 is 2.24 bits per heavy atom. The first-order chi connectivity index (χ1) is 8.42. The first-order valence-corrected chi connectivity index (χ1v) is 7.12. The number of rotatable bonds is 3. The molecule has 3 nitrogen and oxygen atoms in total. The van der Waals surface area contributed by atoms with Crippen LogP contribution in [-0.2, 0) is 6.54 Å². The average molecular weight is 247 g/mol. The number of thiophene rings is 1. The normalized spacial score (nSPS) is 17.4. The Balaban J connectivity index is 1.68. The summed E-state index contributed by atoms with van der Waals surface area (Å²) in [7, 11) is 0. The number of nitrogens with one attached hydrogen (secondary N) is 1. The summed E-state index contributed by atoms with van der Waals surface area (Å²) >= 11 is 1.73. The second kappa shape index (κ2) is 5.02. The fourth-order valence-corrected chi connectivity index (χ4v) is 3.04. The van der Waals surface area contributed by atoms with E-state index in [-0.39, 0.29) is 0 Å². The van der Waals surface area contributed by atoms with Gasteiger partial charge in [0.05, 0.1) is 6.20 Å². The summed E-state index contributed by atoms with van der Waals surface area (Å²) in [6.07, 6.45) is 6.69. The number of aromatic nitrogens is 2. The van der Waals surface area contributed by atoms with E-state index < -0.39 is 0 Å². The fraction of sp³-hybridized carbons (Fsp3) is 0.462. The molecule has 4 heteroatoms. The van der Waals surface area contributed by atoms with Gasteiger partial charge in [0.2, 0.25) is 0 Å². The minimum Gasteiger partial charge on any atom is -0.317 e. The lowest BCUT2D eigenvalue weighted by atomic mass is 9.98. The van der Waals surface area contributed by atoms with Crippen LogP contribution in [0.4, 0.5) is 0 Å². The van der Waals surface area contributed by atoms with Crippen LogP contribution in [0.3, 0.4) is 0 Å². The third-order valence-electron chi connectivity index (χ3n) is 3.39. The van der Waals surface area contributed by atoms with Crippen molar-refractivity contribution in [1.82, 2.24) is 15.1 Å². The van der Waals surface area contributed by atoms with Gasteiger partial charge < -0.3 is 5.32 Å². The molecule has 0 radical (unpaired) electrons. The highest BCUT2D eigenvalue weighted by Gasteiger charge is 2.14. The molecule has 1 aliphatic rings. The minimum atomic E-state index is 0.784. The molecule has 0 unspecified atom stereocenters. The van der Waals surface area contributed by atoms with Crippen molar-refractivity contribution in [3.05, 3.63) is 29.2 Å². The van der Waals surface area contributed by atoms with Gasteiger partial charge in [-0.1, -0.05) is 0 Å². The molecule has 0 spiro atoms. The van der Waals surface area contributed by atoms with Gasteiger partial charge >= 0.3 is 0 Å². The molecule has 0 amide bonds. The van der Waals surface area contributed by atoms with Crippen molar-refractivity contribution in [2.24, 2.45) is 5.92 Å². The summed E-state index contributed by atoms with van der Waals surface area (Å²) in [5, 5.41) is 12.2. The average Bonchev–Trinajstić information content (AvgIpc) is 3.00. The van der Waals surface area contributed by atoms with E-state index >= 15 is 0 Å². The molecule has 1 aliphatic heterocycles. The van der Waals surface area contributed by atoms with Crippen LogP contribution in [0.2, 0.25) is 0 Å². The molecule has 0 aromatic carbocycles. The standard InChI is InChI=1S/C13H17N3S/c1-4-14-5-2-11(1)8-16-9-13(7-15-16)12-3-6-17-10-12/h3,6-7,9-11,14H,1-2,4-5,8H2. The van der Waals surface area contributed by atoms with Gasteiger partial charge in [-0.05, 0) is 54.2 Å². The molecule has 17 heavy (non-hydrogen) atoms. The molecule has 0 bridgehead atoms. The third-order valence-corrected chi connectivity index (χ3v) is 4.07. The van der Waals surface area contributed by atoms with E-state index in [1.807, 2.05) is 6.20 Å². The van der Waals surface area contributed by atoms with Crippen molar-refractivity contribution in [2.45, 2.75) is 19.4 Å². The monoisotopic (exact) mass is 247 g/mol. The lowest BCUT2D eigenvalue weighted by Gasteiger charge is -2.22. The Kier molecular flexibility index (Phi) is 3.25. The summed E-state index contributed by atoms with van der Waals surface area (Å²) in [5.74, 6) is 0.784. The SMILES string of the molecule is c1cc(-c2cnn(CC3CCNCC3)c2)cs1. The summed E-state index contributed by atoms with van der Waals surface area (Å²) in [5.41, 5.74) is 2.52. The number of hydrogen-bond acceptors (Lipinski definition) is 3. The Hall–Kier alpha value is -1.13. The number of hydrogen-bond donors (Lipinski definition) is 1. The van der Waals surface area contributed by atoms with E-state index in [4.69, 9.17) is 0 Å². The molecule has 2 aromatic heterocycles. The zero-order valence-corrected chi connectivity index (χ0v) is 10.6. The zero-order valence-electron chi connectivity index (χ0n) is 9.80. The topological polar surface area (TPSA) is 29.9 Å². The molecule has 0 saturated carbocycles. The number of piperidine rings is 1. The van der Waals surface area contributed by atoms with Crippen molar-refractivity contribution >= 4 is 11.3 Å². The number of nitrogens with zero attached hydrogens (tertiary/aromatic N) is 2. The highest BCUT2D eigenvalue weighted by Crippen LogP contribution is 2.22. The summed E-state index contributed by atoms with van der Waals surface area (Å²) in [6.45, 7) is 3.37. The van der Waals surface area contributed by atoms with Gasteiger partial charge in [0.1, 0.15) is 0 Å². The van der Waals surface area contributed by atoms with Crippen molar-refractivity contribution < 1.29 is 0 Å². The van der Waals surface area contributed by atoms with Gasteiger partial charge in [-0.15, -0.1) is 0 Å². The molecule has 90 valence electrons.